The minimum atomic E-state index is -0.306. The van der Waals surface area contributed by atoms with Gasteiger partial charge in [0.15, 0.2) is 0 Å². The standard InChI is InChI=1S/C16H15ClN2O2/c1-11(12-5-4-8-15(10-12)21-2)18-19-16(20)13-6-3-7-14(17)9-13/h3-10H,1-2H3,(H,19,20)/b18-11+. The number of benzene rings is 2. The number of ether oxygens (including phenoxy) is 1. The highest BCUT2D eigenvalue weighted by atomic mass is 35.5. The number of carbonyl (C=O) groups is 1. The first kappa shape index (κ1) is 15.1. The summed E-state index contributed by atoms with van der Waals surface area (Å²) in [6.45, 7) is 1.81. The fourth-order valence-corrected chi connectivity index (χ4v) is 1.93. The zero-order valence-corrected chi connectivity index (χ0v) is 12.5. The number of halogens is 1. The molecule has 0 spiro atoms. The summed E-state index contributed by atoms with van der Waals surface area (Å²) < 4.78 is 5.16. The zero-order valence-electron chi connectivity index (χ0n) is 11.8. The second-order valence-electron chi connectivity index (χ2n) is 4.38. The van der Waals surface area contributed by atoms with E-state index in [4.69, 9.17) is 16.3 Å². The Morgan fingerprint density at radius 1 is 1.14 bits per heavy atom. The molecule has 0 heterocycles. The third kappa shape index (κ3) is 4.07. The van der Waals surface area contributed by atoms with E-state index in [1.807, 2.05) is 31.2 Å². The van der Waals surface area contributed by atoms with E-state index >= 15 is 0 Å². The summed E-state index contributed by atoms with van der Waals surface area (Å²) in [6, 6.07) is 14.2. The molecule has 0 aliphatic carbocycles. The first-order valence-corrected chi connectivity index (χ1v) is 6.72. The highest BCUT2D eigenvalue weighted by Crippen LogP contribution is 2.13. The van der Waals surface area contributed by atoms with Gasteiger partial charge < -0.3 is 4.74 Å². The number of amides is 1. The van der Waals surface area contributed by atoms with Crippen molar-refractivity contribution in [1.29, 1.82) is 0 Å². The van der Waals surface area contributed by atoms with Crippen molar-refractivity contribution in [1.82, 2.24) is 5.43 Å². The molecule has 5 heteroatoms. The summed E-state index contributed by atoms with van der Waals surface area (Å²) in [7, 11) is 1.60. The van der Waals surface area contributed by atoms with Crippen molar-refractivity contribution in [2.24, 2.45) is 5.10 Å². The van der Waals surface area contributed by atoms with E-state index in [-0.39, 0.29) is 5.91 Å². The predicted octanol–water partition coefficient (Wildman–Crippen LogP) is 3.50. The van der Waals surface area contributed by atoms with Crippen LogP contribution in [0.5, 0.6) is 5.75 Å². The molecule has 0 radical (unpaired) electrons. The van der Waals surface area contributed by atoms with Gasteiger partial charge in [-0.15, -0.1) is 0 Å². The number of hydrogen-bond acceptors (Lipinski definition) is 3. The van der Waals surface area contributed by atoms with Gasteiger partial charge >= 0.3 is 0 Å². The summed E-state index contributed by atoms with van der Waals surface area (Å²) in [5.41, 5.74) is 4.53. The summed E-state index contributed by atoms with van der Waals surface area (Å²) in [4.78, 5) is 12.0. The smallest absolute Gasteiger partial charge is 0.271 e. The summed E-state index contributed by atoms with van der Waals surface area (Å²) >= 11 is 5.85. The molecule has 1 amide bonds. The van der Waals surface area contributed by atoms with Gasteiger partial charge in [0.2, 0.25) is 0 Å². The lowest BCUT2D eigenvalue weighted by Gasteiger charge is -2.05. The topological polar surface area (TPSA) is 50.7 Å². The van der Waals surface area contributed by atoms with Gasteiger partial charge in [-0.1, -0.05) is 29.8 Å². The van der Waals surface area contributed by atoms with Crippen LogP contribution in [0.2, 0.25) is 5.02 Å². The molecule has 2 aromatic carbocycles. The molecule has 2 aromatic rings. The van der Waals surface area contributed by atoms with Gasteiger partial charge in [0, 0.05) is 16.1 Å². The monoisotopic (exact) mass is 302 g/mol. The van der Waals surface area contributed by atoms with Crippen LogP contribution in [0.15, 0.2) is 53.6 Å². The number of methoxy groups -OCH3 is 1. The van der Waals surface area contributed by atoms with Crippen LogP contribution in [0.4, 0.5) is 0 Å². The van der Waals surface area contributed by atoms with E-state index < -0.39 is 0 Å². The molecule has 0 atom stereocenters. The molecule has 4 nitrogen and oxygen atoms in total. The number of nitrogens with one attached hydrogen (secondary N) is 1. The fourth-order valence-electron chi connectivity index (χ4n) is 1.74. The molecule has 108 valence electrons. The van der Waals surface area contributed by atoms with Gasteiger partial charge in [-0.05, 0) is 37.3 Å². The number of carbonyl (C=O) groups excluding carboxylic acids is 1. The van der Waals surface area contributed by atoms with Gasteiger partial charge in [0.25, 0.3) is 5.91 Å². The fraction of sp³-hybridized carbons (Fsp3) is 0.125. The highest BCUT2D eigenvalue weighted by Gasteiger charge is 2.05. The third-order valence-corrected chi connectivity index (χ3v) is 3.13. The lowest BCUT2D eigenvalue weighted by Crippen LogP contribution is -2.19. The largest absolute Gasteiger partial charge is 0.497 e. The normalized spacial score (nSPS) is 11.1. The summed E-state index contributed by atoms with van der Waals surface area (Å²) in [6.07, 6.45) is 0. The van der Waals surface area contributed by atoms with Crippen LogP contribution in [0, 0.1) is 0 Å². The van der Waals surface area contributed by atoms with E-state index in [0.717, 1.165) is 11.3 Å². The van der Waals surface area contributed by atoms with Crippen LogP contribution in [-0.4, -0.2) is 18.7 Å². The lowest BCUT2D eigenvalue weighted by atomic mass is 10.1. The van der Waals surface area contributed by atoms with E-state index in [0.29, 0.717) is 16.3 Å². The second-order valence-corrected chi connectivity index (χ2v) is 4.82. The van der Waals surface area contributed by atoms with Gasteiger partial charge in [-0.3, -0.25) is 4.79 Å². The average molecular weight is 303 g/mol. The molecule has 0 aliphatic heterocycles. The molecule has 0 bridgehead atoms. The van der Waals surface area contributed by atoms with Crippen LogP contribution in [0.1, 0.15) is 22.8 Å². The molecular weight excluding hydrogens is 288 g/mol. The van der Waals surface area contributed by atoms with Crippen LogP contribution >= 0.6 is 11.6 Å². The number of rotatable bonds is 4. The number of nitrogens with zero attached hydrogens (tertiary/aromatic N) is 1. The van der Waals surface area contributed by atoms with E-state index in [2.05, 4.69) is 10.5 Å². The van der Waals surface area contributed by atoms with Crippen LogP contribution < -0.4 is 10.2 Å². The Bertz CT molecular complexity index is 683. The van der Waals surface area contributed by atoms with Gasteiger partial charge in [0.05, 0.1) is 12.8 Å². The molecule has 2 rings (SSSR count). The van der Waals surface area contributed by atoms with Gasteiger partial charge in [0.1, 0.15) is 5.75 Å². The minimum Gasteiger partial charge on any atom is -0.497 e. The Kier molecular flexibility index (Phi) is 4.95. The first-order chi connectivity index (χ1) is 10.1. The third-order valence-electron chi connectivity index (χ3n) is 2.90. The quantitative estimate of drug-likeness (QED) is 0.694. The maximum atomic E-state index is 12.0. The molecule has 21 heavy (non-hydrogen) atoms. The average Bonchev–Trinajstić information content (AvgIpc) is 2.52. The molecule has 0 saturated heterocycles. The van der Waals surface area contributed by atoms with Crippen molar-refractivity contribution in [3.63, 3.8) is 0 Å². The molecular formula is C16H15ClN2O2. The van der Waals surface area contributed by atoms with Crippen molar-refractivity contribution >= 4 is 23.2 Å². The Labute approximate surface area is 128 Å². The Morgan fingerprint density at radius 2 is 1.86 bits per heavy atom. The molecule has 0 aromatic heterocycles. The Morgan fingerprint density at radius 3 is 2.57 bits per heavy atom. The van der Waals surface area contributed by atoms with E-state index in [1.165, 1.54) is 0 Å². The van der Waals surface area contributed by atoms with Crippen molar-refractivity contribution < 1.29 is 9.53 Å². The maximum Gasteiger partial charge on any atom is 0.271 e. The SMILES string of the molecule is COc1cccc(/C(C)=N/NC(=O)c2cccc(Cl)c2)c1. The molecule has 1 N–H and O–H groups in total. The van der Waals surface area contributed by atoms with Crippen molar-refractivity contribution in [3.8, 4) is 5.75 Å². The van der Waals surface area contributed by atoms with Crippen LogP contribution in [0.25, 0.3) is 0 Å². The van der Waals surface area contributed by atoms with Crippen molar-refractivity contribution in [2.45, 2.75) is 6.92 Å². The maximum absolute atomic E-state index is 12.0. The van der Waals surface area contributed by atoms with Gasteiger partial charge in [-0.2, -0.15) is 5.10 Å². The minimum absolute atomic E-state index is 0.306. The summed E-state index contributed by atoms with van der Waals surface area (Å²) in [5, 5.41) is 4.60. The summed E-state index contributed by atoms with van der Waals surface area (Å²) in [5.74, 6) is 0.433. The Hall–Kier alpha value is -2.33. The Balaban J connectivity index is 2.11. The van der Waals surface area contributed by atoms with Crippen molar-refractivity contribution in [3.05, 3.63) is 64.7 Å². The first-order valence-electron chi connectivity index (χ1n) is 6.35. The van der Waals surface area contributed by atoms with E-state index in [1.54, 1.807) is 31.4 Å². The zero-order chi connectivity index (χ0) is 15.2. The van der Waals surface area contributed by atoms with E-state index in [9.17, 15) is 4.79 Å². The van der Waals surface area contributed by atoms with Crippen LogP contribution in [-0.2, 0) is 0 Å². The van der Waals surface area contributed by atoms with Crippen molar-refractivity contribution in [2.75, 3.05) is 7.11 Å². The molecule has 0 aliphatic rings. The number of hydrazone groups is 1. The molecule has 0 saturated carbocycles. The highest BCUT2D eigenvalue weighted by molar-refractivity contribution is 6.30. The molecule has 0 unspecified atom stereocenters. The van der Waals surface area contributed by atoms with Gasteiger partial charge in [-0.25, -0.2) is 5.43 Å². The molecule has 0 fully saturated rings. The predicted molar refractivity (Wildman–Crippen MR) is 84.1 cm³/mol. The second kappa shape index (κ2) is 6.90. The number of hydrogen-bond donors (Lipinski definition) is 1. The van der Waals surface area contributed by atoms with Crippen LogP contribution in [0.3, 0.4) is 0 Å². The lowest BCUT2D eigenvalue weighted by molar-refractivity contribution is 0.0955.